The molecule has 0 unspecified atom stereocenters. The van der Waals surface area contributed by atoms with E-state index in [1.807, 2.05) is 0 Å². The number of nitrogens with zero attached hydrogens (tertiary/aromatic N) is 4. The molecule has 0 fully saturated rings. The van der Waals surface area contributed by atoms with Crippen molar-refractivity contribution in [2.75, 3.05) is 5.73 Å². The van der Waals surface area contributed by atoms with Crippen molar-refractivity contribution in [3.63, 3.8) is 0 Å². The maximum Gasteiger partial charge on any atom is 0.182 e. The summed E-state index contributed by atoms with van der Waals surface area (Å²) in [5.74, 6) is -1.34. The lowest BCUT2D eigenvalue weighted by atomic mass is 10.2. The average Bonchev–Trinajstić information content (AvgIpc) is 2.98. The lowest BCUT2D eigenvalue weighted by Gasteiger charge is -2.12. The monoisotopic (exact) mass is 401 g/mol. The quantitative estimate of drug-likeness (QED) is 0.548. The van der Waals surface area contributed by atoms with E-state index in [-0.39, 0.29) is 11.5 Å². The van der Waals surface area contributed by atoms with Crippen LogP contribution in [0.15, 0.2) is 53.4 Å². The number of imidazole rings is 1. The lowest BCUT2D eigenvalue weighted by molar-refractivity contribution is 0.505. The first-order valence-corrected chi connectivity index (χ1v) is 8.04. The second-order valence-corrected chi connectivity index (χ2v) is 6.21. The van der Waals surface area contributed by atoms with Crippen molar-refractivity contribution in [1.29, 1.82) is 0 Å². The van der Waals surface area contributed by atoms with Crippen molar-refractivity contribution >= 4 is 32.8 Å². The lowest BCUT2D eigenvalue weighted by Crippen LogP contribution is -2.04. The molecular weight excluding hydrogens is 392 g/mol. The number of nitrogen functional groups attached to an aromatic ring is 1. The average molecular weight is 402 g/mol. The van der Waals surface area contributed by atoms with Crippen LogP contribution in [0.2, 0.25) is 0 Å². The smallest absolute Gasteiger partial charge is 0.182 e. The van der Waals surface area contributed by atoms with Crippen molar-refractivity contribution in [3.05, 3.63) is 65.0 Å². The molecule has 0 atom stereocenters. The molecule has 0 bridgehead atoms. The fourth-order valence-electron chi connectivity index (χ4n) is 2.65. The van der Waals surface area contributed by atoms with Crippen LogP contribution in [-0.2, 0) is 0 Å². The Bertz CT molecular complexity index is 1110. The summed E-state index contributed by atoms with van der Waals surface area (Å²) < 4.78 is 30.5. The highest BCUT2D eigenvalue weighted by molar-refractivity contribution is 9.10. The highest BCUT2D eigenvalue weighted by Gasteiger charge is 2.20. The number of anilines is 1. The standard InChI is InChI=1S/C17H10BrF2N5/c18-9-6-10(16(21)23-7-9)17-24-12-8-22-5-4-13(12)25(17)14-3-1-2-11(19)15(14)20/h1-8H,(H2,21,23). The molecule has 8 heteroatoms. The Morgan fingerprint density at radius 2 is 1.96 bits per heavy atom. The Kier molecular flexibility index (Phi) is 3.69. The number of halogens is 3. The maximum absolute atomic E-state index is 14.5. The summed E-state index contributed by atoms with van der Waals surface area (Å²) in [6.07, 6.45) is 4.66. The van der Waals surface area contributed by atoms with Crippen LogP contribution in [0.5, 0.6) is 0 Å². The van der Waals surface area contributed by atoms with Gasteiger partial charge < -0.3 is 5.73 Å². The Balaban J connectivity index is 2.12. The van der Waals surface area contributed by atoms with Gasteiger partial charge >= 0.3 is 0 Å². The minimum Gasteiger partial charge on any atom is -0.383 e. The number of pyridine rings is 2. The number of hydrogen-bond acceptors (Lipinski definition) is 4. The zero-order valence-electron chi connectivity index (χ0n) is 12.6. The van der Waals surface area contributed by atoms with Gasteiger partial charge in [0, 0.05) is 16.9 Å². The van der Waals surface area contributed by atoms with E-state index in [1.165, 1.54) is 16.7 Å². The predicted octanol–water partition coefficient (Wildman–Crippen LogP) is 4.11. The molecule has 0 saturated heterocycles. The Labute approximate surface area is 149 Å². The van der Waals surface area contributed by atoms with Gasteiger partial charge in [-0.2, -0.15) is 0 Å². The van der Waals surface area contributed by atoms with Crippen LogP contribution in [0.25, 0.3) is 28.1 Å². The van der Waals surface area contributed by atoms with E-state index in [0.717, 1.165) is 6.07 Å². The van der Waals surface area contributed by atoms with Gasteiger partial charge in [-0.25, -0.2) is 18.7 Å². The van der Waals surface area contributed by atoms with E-state index in [9.17, 15) is 8.78 Å². The van der Waals surface area contributed by atoms with E-state index in [4.69, 9.17) is 5.73 Å². The van der Waals surface area contributed by atoms with Crippen molar-refractivity contribution in [1.82, 2.24) is 19.5 Å². The van der Waals surface area contributed by atoms with Crippen LogP contribution >= 0.6 is 15.9 Å². The SMILES string of the molecule is Nc1ncc(Br)cc1-c1nc2cnccc2n1-c1cccc(F)c1F. The summed E-state index contributed by atoms with van der Waals surface area (Å²) in [4.78, 5) is 12.6. The second-order valence-electron chi connectivity index (χ2n) is 5.29. The van der Waals surface area contributed by atoms with Gasteiger partial charge in [0.2, 0.25) is 0 Å². The molecule has 0 saturated carbocycles. The zero-order chi connectivity index (χ0) is 17.6. The van der Waals surface area contributed by atoms with Crippen LogP contribution in [0.4, 0.5) is 14.6 Å². The minimum atomic E-state index is -0.971. The summed E-state index contributed by atoms with van der Waals surface area (Å²) in [7, 11) is 0. The normalized spacial score (nSPS) is 11.2. The minimum absolute atomic E-state index is 0.0306. The molecule has 0 amide bonds. The van der Waals surface area contributed by atoms with E-state index < -0.39 is 11.6 Å². The molecule has 3 aromatic heterocycles. The van der Waals surface area contributed by atoms with Gasteiger partial charge in [0.05, 0.1) is 23.0 Å². The number of hydrogen-bond donors (Lipinski definition) is 1. The summed E-state index contributed by atoms with van der Waals surface area (Å²) in [5, 5.41) is 0. The third-order valence-electron chi connectivity index (χ3n) is 3.75. The van der Waals surface area contributed by atoms with Crippen LogP contribution in [0, 0.1) is 11.6 Å². The highest BCUT2D eigenvalue weighted by Crippen LogP contribution is 2.33. The number of fused-ring (bicyclic) bond motifs is 1. The van der Waals surface area contributed by atoms with Gasteiger partial charge in [-0.05, 0) is 40.2 Å². The number of benzene rings is 1. The molecule has 1 aromatic carbocycles. The van der Waals surface area contributed by atoms with Gasteiger partial charge in [-0.1, -0.05) is 6.07 Å². The molecule has 0 spiro atoms. The van der Waals surface area contributed by atoms with Gasteiger partial charge in [0.25, 0.3) is 0 Å². The van der Waals surface area contributed by atoms with Crippen LogP contribution in [0.1, 0.15) is 0 Å². The van der Waals surface area contributed by atoms with Gasteiger partial charge in [-0.15, -0.1) is 0 Å². The topological polar surface area (TPSA) is 69.6 Å². The molecule has 0 aliphatic carbocycles. The molecule has 5 nitrogen and oxygen atoms in total. The van der Waals surface area contributed by atoms with Gasteiger partial charge in [0.1, 0.15) is 17.2 Å². The predicted molar refractivity (Wildman–Crippen MR) is 94.1 cm³/mol. The summed E-state index contributed by atoms with van der Waals surface area (Å²) in [6, 6.07) is 7.38. The summed E-state index contributed by atoms with van der Waals surface area (Å²) in [5.41, 5.74) is 7.62. The van der Waals surface area contributed by atoms with Crippen LogP contribution in [0.3, 0.4) is 0 Å². The molecule has 0 aliphatic rings. The molecule has 4 aromatic rings. The van der Waals surface area contributed by atoms with E-state index in [0.29, 0.717) is 26.9 Å². The Hall–Kier alpha value is -2.87. The zero-order valence-corrected chi connectivity index (χ0v) is 14.2. The number of aromatic nitrogens is 4. The molecule has 25 heavy (non-hydrogen) atoms. The Morgan fingerprint density at radius 1 is 1.12 bits per heavy atom. The van der Waals surface area contributed by atoms with E-state index in [1.54, 1.807) is 30.7 Å². The second kappa shape index (κ2) is 5.89. The van der Waals surface area contributed by atoms with Crippen LogP contribution in [-0.4, -0.2) is 19.5 Å². The molecule has 4 rings (SSSR count). The third-order valence-corrected chi connectivity index (χ3v) is 4.19. The Morgan fingerprint density at radius 3 is 2.80 bits per heavy atom. The largest absolute Gasteiger partial charge is 0.383 e. The van der Waals surface area contributed by atoms with E-state index >= 15 is 0 Å². The molecule has 2 N–H and O–H groups in total. The van der Waals surface area contributed by atoms with Gasteiger partial charge in [-0.3, -0.25) is 9.55 Å². The van der Waals surface area contributed by atoms with E-state index in [2.05, 4.69) is 30.9 Å². The fourth-order valence-corrected chi connectivity index (χ4v) is 2.98. The molecular formula is C17H10BrF2N5. The fraction of sp³-hybridized carbons (Fsp3) is 0. The molecule has 124 valence electrons. The molecule has 3 heterocycles. The molecule has 0 radical (unpaired) electrons. The van der Waals surface area contributed by atoms with Crippen molar-refractivity contribution in [3.8, 4) is 17.1 Å². The van der Waals surface area contributed by atoms with Gasteiger partial charge in [0.15, 0.2) is 11.6 Å². The number of rotatable bonds is 2. The third kappa shape index (κ3) is 2.54. The number of nitrogens with two attached hydrogens (primary N) is 1. The summed E-state index contributed by atoms with van der Waals surface area (Å²) >= 11 is 3.34. The maximum atomic E-state index is 14.5. The van der Waals surface area contributed by atoms with Crippen LogP contribution < -0.4 is 5.73 Å². The van der Waals surface area contributed by atoms with Crippen molar-refractivity contribution in [2.24, 2.45) is 0 Å². The highest BCUT2D eigenvalue weighted by atomic mass is 79.9. The molecule has 0 aliphatic heterocycles. The van der Waals surface area contributed by atoms with Crippen molar-refractivity contribution < 1.29 is 8.78 Å². The first-order chi connectivity index (χ1) is 12.1. The first-order valence-electron chi connectivity index (χ1n) is 7.24. The first kappa shape index (κ1) is 15.6. The van der Waals surface area contributed by atoms with Crippen molar-refractivity contribution in [2.45, 2.75) is 0 Å². The summed E-state index contributed by atoms with van der Waals surface area (Å²) in [6.45, 7) is 0.